The molecule has 5 rings (SSSR count). The van der Waals surface area contributed by atoms with E-state index in [-0.39, 0.29) is 0 Å². The van der Waals surface area contributed by atoms with E-state index in [1.165, 1.54) is 5.56 Å². The van der Waals surface area contributed by atoms with Crippen molar-refractivity contribution in [1.29, 1.82) is 0 Å². The van der Waals surface area contributed by atoms with Gasteiger partial charge in [0.2, 0.25) is 0 Å². The first-order valence-electron chi connectivity index (χ1n) is 13.2. The molecule has 0 unspecified atom stereocenters. The molecule has 0 saturated carbocycles. The third-order valence-corrected chi connectivity index (χ3v) is 6.33. The predicted octanol–water partition coefficient (Wildman–Crippen LogP) is 8.17. The van der Waals surface area contributed by atoms with E-state index in [4.69, 9.17) is 14.2 Å². The molecule has 196 valence electrons. The van der Waals surface area contributed by atoms with Crippen LogP contribution in [0.15, 0.2) is 133 Å². The Kier molecular flexibility index (Phi) is 9.26. The lowest BCUT2D eigenvalue weighted by Gasteiger charge is -2.19. The zero-order chi connectivity index (χ0) is 26.5. The van der Waals surface area contributed by atoms with Crippen molar-refractivity contribution in [3.63, 3.8) is 0 Å². The number of anilines is 1. The van der Waals surface area contributed by atoms with Crippen molar-refractivity contribution in [2.24, 2.45) is 0 Å². The van der Waals surface area contributed by atoms with Crippen molar-refractivity contribution in [2.45, 2.75) is 33.0 Å². The van der Waals surface area contributed by atoms with Crippen molar-refractivity contribution >= 4 is 5.69 Å². The van der Waals surface area contributed by atoms with Crippen LogP contribution in [0, 0.1) is 0 Å². The first-order valence-corrected chi connectivity index (χ1v) is 13.2. The van der Waals surface area contributed by atoms with Gasteiger partial charge in [0.15, 0.2) is 0 Å². The van der Waals surface area contributed by atoms with Gasteiger partial charge >= 0.3 is 0 Å². The zero-order valence-corrected chi connectivity index (χ0v) is 22.0. The number of hydrogen-bond donors (Lipinski definition) is 1. The van der Waals surface area contributed by atoms with E-state index in [0.29, 0.717) is 33.0 Å². The summed E-state index contributed by atoms with van der Waals surface area (Å²) < 4.78 is 18.8. The van der Waals surface area contributed by atoms with E-state index in [9.17, 15) is 0 Å². The van der Waals surface area contributed by atoms with E-state index < -0.39 is 0 Å². The summed E-state index contributed by atoms with van der Waals surface area (Å²) in [5.74, 6) is 1.49. The van der Waals surface area contributed by atoms with Crippen LogP contribution in [0.5, 0.6) is 11.5 Å². The molecule has 5 aromatic carbocycles. The highest BCUT2D eigenvalue weighted by molar-refractivity contribution is 5.62. The highest BCUT2D eigenvalue weighted by Gasteiger charge is 2.14. The van der Waals surface area contributed by atoms with Crippen molar-refractivity contribution in [3.05, 3.63) is 161 Å². The predicted molar refractivity (Wildman–Crippen MR) is 157 cm³/mol. The van der Waals surface area contributed by atoms with Crippen LogP contribution in [0.1, 0.15) is 27.8 Å². The van der Waals surface area contributed by atoms with Gasteiger partial charge in [0.25, 0.3) is 0 Å². The molecule has 0 aliphatic rings. The molecule has 0 heterocycles. The summed E-state index contributed by atoms with van der Waals surface area (Å²) in [6.45, 7) is 2.54. The van der Waals surface area contributed by atoms with E-state index in [1.54, 1.807) is 0 Å². The summed E-state index contributed by atoms with van der Waals surface area (Å²) in [6, 6.07) is 45.0. The molecule has 0 aliphatic heterocycles. The Balaban J connectivity index is 1.40. The van der Waals surface area contributed by atoms with E-state index in [1.807, 2.05) is 78.9 Å². The molecule has 0 atom stereocenters. The average molecular weight is 516 g/mol. The summed E-state index contributed by atoms with van der Waals surface area (Å²) in [4.78, 5) is 0. The summed E-state index contributed by atoms with van der Waals surface area (Å²) >= 11 is 0. The fraction of sp³-hybridized carbons (Fsp3) is 0.143. The molecule has 0 fully saturated rings. The molecule has 0 spiro atoms. The summed E-state index contributed by atoms with van der Waals surface area (Å²) in [6.07, 6.45) is 0. The Morgan fingerprint density at radius 1 is 0.436 bits per heavy atom. The Hall–Kier alpha value is -4.54. The quantitative estimate of drug-likeness (QED) is 0.172. The molecule has 4 heteroatoms. The largest absolute Gasteiger partial charge is 0.488 e. The lowest BCUT2D eigenvalue weighted by molar-refractivity contribution is 0.104. The first kappa shape index (κ1) is 26.1. The molecule has 0 aromatic heterocycles. The van der Waals surface area contributed by atoms with Gasteiger partial charge in [0, 0.05) is 18.2 Å². The standard InChI is InChI=1S/C35H33NO3/c1-5-13-28(14-6-1)23-36-33-21-32(27-37-24-29-15-7-2-8-16-29)34(38-25-30-17-9-3-10-18-30)22-35(33)39-26-31-19-11-4-12-20-31/h1-22,36H,23-27H2. The Morgan fingerprint density at radius 2 is 0.897 bits per heavy atom. The Bertz CT molecular complexity index is 1410. The van der Waals surface area contributed by atoms with Crippen LogP contribution in [-0.4, -0.2) is 0 Å². The lowest BCUT2D eigenvalue weighted by Crippen LogP contribution is -2.07. The Labute approximate surface area is 230 Å². The molecule has 0 aliphatic carbocycles. The first-order chi connectivity index (χ1) is 19.3. The minimum absolute atomic E-state index is 0.415. The van der Waals surface area contributed by atoms with Gasteiger partial charge < -0.3 is 19.5 Å². The lowest BCUT2D eigenvalue weighted by atomic mass is 10.1. The number of rotatable bonds is 13. The van der Waals surface area contributed by atoms with E-state index >= 15 is 0 Å². The molecular weight excluding hydrogens is 482 g/mol. The fourth-order valence-corrected chi connectivity index (χ4v) is 4.23. The summed E-state index contributed by atoms with van der Waals surface area (Å²) in [7, 11) is 0. The maximum atomic E-state index is 6.35. The molecule has 0 radical (unpaired) electrons. The van der Waals surface area contributed by atoms with Gasteiger partial charge in [0.05, 0.1) is 18.9 Å². The number of ether oxygens (including phenoxy) is 3. The van der Waals surface area contributed by atoms with Crippen LogP contribution in [-0.2, 0) is 37.7 Å². The molecule has 1 N–H and O–H groups in total. The van der Waals surface area contributed by atoms with Crippen LogP contribution in [0.4, 0.5) is 5.69 Å². The van der Waals surface area contributed by atoms with Gasteiger partial charge in [-0.1, -0.05) is 121 Å². The smallest absolute Gasteiger partial charge is 0.146 e. The zero-order valence-electron chi connectivity index (χ0n) is 22.0. The second kappa shape index (κ2) is 13.8. The molecule has 0 saturated heterocycles. The van der Waals surface area contributed by atoms with Gasteiger partial charge in [0.1, 0.15) is 24.7 Å². The Morgan fingerprint density at radius 3 is 1.44 bits per heavy atom. The van der Waals surface area contributed by atoms with Gasteiger partial charge in [-0.15, -0.1) is 0 Å². The summed E-state index contributed by atoms with van der Waals surface area (Å²) in [5, 5.41) is 3.58. The molecule has 4 nitrogen and oxygen atoms in total. The van der Waals surface area contributed by atoms with Crippen molar-refractivity contribution in [3.8, 4) is 11.5 Å². The number of hydrogen-bond acceptors (Lipinski definition) is 4. The third-order valence-electron chi connectivity index (χ3n) is 6.33. The third kappa shape index (κ3) is 7.97. The minimum Gasteiger partial charge on any atom is -0.488 e. The normalized spacial score (nSPS) is 10.7. The van der Waals surface area contributed by atoms with Crippen LogP contribution in [0.25, 0.3) is 0 Å². The van der Waals surface area contributed by atoms with Crippen LogP contribution < -0.4 is 14.8 Å². The molecule has 5 aromatic rings. The fourth-order valence-electron chi connectivity index (χ4n) is 4.23. The van der Waals surface area contributed by atoms with Gasteiger partial charge in [-0.25, -0.2) is 0 Å². The van der Waals surface area contributed by atoms with E-state index in [2.05, 4.69) is 59.9 Å². The highest BCUT2D eigenvalue weighted by Crippen LogP contribution is 2.35. The van der Waals surface area contributed by atoms with Crippen molar-refractivity contribution < 1.29 is 14.2 Å². The van der Waals surface area contributed by atoms with E-state index in [0.717, 1.165) is 39.4 Å². The topological polar surface area (TPSA) is 39.7 Å². The summed E-state index contributed by atoms with van der Waals surface area (Å²) in [5.41, 5.74) is 6.40. The number of nitrogens with one attached hydrogen (secondary N) is 1. The maximum Gasteiger partial charge on any atom is 0.146 e. The van der Waals surface area contributed by atoms with Crippen molar-refractivity contribution in [1.82, 2.24) is 0 Å². The minimum atomic E-state index is 0.415. The van der Waals surface area contributed by atoms with Crippen LogP contribution in [0.3, 0.4) is 0 Å². The van der Waals surface area contributed by atoms with Crippen LogP contribution >= 0.6 is 0 Å². The maximum absolute atomic E-state index is 6.35. The van der Waals surface area contributed by atoms with Gasteiger partial charge in [-0.2, -0.15) is 0 Å². The SMILES string of the molecule is c1ccc(CNc2cc(COCc3ccccc3)c(OCc3ccccc3)cc2OCc2ccccc2)cc1. The highest BCUT2D eigenvalue weighted by atomic mass is 16.5. The van der Waals surface area contributed by atoms with Gasteiger partial charge in [-0.05, 0) is 28.3 Å². The second-order valence-corrected chi connectivity index (χ2v) is 9.32. The monoisotopic (exact) mass is 515 g/mol. The molecular formula is C35H33NO3. The number of benzene rings is 5. The molecule has 39 heavy (non-hydrogen) atoms. The van der Waals surface area contributed by atoms with Gasteiger partial charge in [-0.3, -0.25) is 0 Å². The average Bonchev–Trinajstić information content (AvgIpc) is 3.00. The van der Waals surface area contributed by atoms with Crippen LogP contribution in [0.2, 0.25) is 0 Å². The molecule has 0 bridgehead atoms. The molecule has 0 amide bonds. The van der Waals surface area contributed by atoms with Crippen molar-refractivity contribution in [2.75, 3.05) is 5.32 Å². The second-order valence-electron chi connectivity index (χ2n) is 9.32.